The van der Waals surface area contributed by atoms with Gasteiger partial charge in [-0.1, -0.05) is 25.1 Å². The van der Waals surface area contributed by atoms with Gasteiger partial charge < -0.3 is 9.67 Å². The zero-order chi connectivity index (χ0) is 25.4. The van der Waals surface area contributed by atoms with E-state index in [1.54, 1.807) is 25.1 Å². The van der Waals surface area contributed by atoms with Crippen LogP contribution in [0.3, 0.4) is 0 Å². The first-order valence-corrected chi connectivity index (χ1v) is 11.6. The van der Waals surface area contributed by atoms with Crippen molar-refractivity contribution in [1.82, 2.24) is 9.88 Å². The quantitative estimate of drug-likeness (QED) is 0.314. The number of carbonyl (C=O) groups excluding carboxylic acids is 2. The van der Waals surface area contributed by atoms with Crippen molar-refractivity contribution in [3.63, 3.8) is 0 Å². The summed E-state index contributed by atoms with van der Waals surface area (Å²) in [5, 5.41) is 12.2. The van der Waals surface area contributed by atoms with Crippen molar-refractivity contribution in [3.8, 4) is 5.69 Å². The lowest BCUT2D eigenvalue weighted by molar-refractivity contribution is -0.122. The van der Waals surface area contributed by atoms with Gasteiger partial charge in [-0.15, -0.1) is 0 Å². The molecule has 2 amide bonds. The molecule has 8 heteroatoms. The zero-order valence-corrected chi connectivity index (χ0v) is 20.7. The Balaban J connectivity index is 1.77. The topological polar surface area (TPSA) is 91.6 Å². The van der Waals surface area contributed by atoms with Crippen LogP contribution in [0.4, 0.5) is 5.69 Å². The number of aromatic carboxylic acids is 1. The average molecular weight is 488 g/mol. The highest BCUT2D eigenvalue weighted by molar-refractivity contribution is 7.80. The fraction of sp³-hybridized carbons (Fsp3) is 0.185. The fourth-order valence-corrected chi connectivity index (χ4v) is 4.61. The van der Waals surface area contributed by atoms with Crippen molar-refractivity contribution >= 4 is 46.9 Å². The summed E-state index contributed by atoms with van der Waals surface area (Å²) in [4.78, 5) is 39.1. The van der Waals surface area contributed by atoms with E-state index in [1.807, 2.05) is 61.7 Å². The molecule has 1 aliphatic rings. The van der Waals surface area contributed by atoms with E-state index in [2.05, 4.69) is 5.32 Å². The number of aryl methyl sites for hydroxylation is 2. The number of nitrogens with one attached hydrogen (secondary N) is 1. The smallest absolute Gasteiger partial charge is 0.336 e. The molecule has 0 bridgehead atoms. The molecule has 35 heavy (non-hydrogen) atoms. The molecule has 0 atom stereocenters. The van der Waals surface area contributed by atoms with Crippen molar-refractivity contribution < 1.29 is 19.5 Å². The number of carboxylic acid groups (broad SMARTS) is 1. The van der Waals surface area contributed by atoms with Gasteiger partial charge in [-0.05, 0) is 92.5 Å². The number of anilines is 1. The number of aromatic nitrogens is 1. The summed E-state index contributed by atoms with van der Waals surface area (Å²) < 4.78 is 1.92. The molecular weight excluding hydrogens is 462 g/mol. The van der Waals surface area contributed by atoms with Crippen LogP contribution in [0, 0.1) is 20.8 Å². The predicted octanol–water partition coefficient (Wildman–Crippen LogP) is 4.49. The van der Waals surface area contributed by atoms with Crippen LogP contribution in [-0.4, -0.2) is 32.6 Å². The summed E-state index contributed by atoms with van der Waals surface area (Å²) in [6.45, 7) is 7.56. The van der Waals surface area contributed by atoms with Crippen LogP contribution in [0.1, 0.15) is 45.4 Å². The van der Waals surface area contributed by atoms with Crippen LogP contribution in [0.25, 0.3) is 11.8 Å². The van der Waals surface area contributed by atoms with Crippen LogP contribution >= 0.6 is 12.2 Å². The highest BCUT2D eigenvalue weighted by Crippen LogP contribution is 2.28. The van der Waals surface area contributed by atoms with Gasteiger partial charge in [0.25, 0.3) is 11.8 Å². The molecule has 2 N–H and O–H groups in total. The van der Waals surface area contributed by atoms with E-state index in [1.165, 1.54) is 4.90 Å². The van der Waals surface area contributed by atoms with Gasteiger partial charge in [0.15, 0.2) is 5.11 Å². The van der Waals surface area contributed by atoms with Crippen molar-refractivity contribution in [2.45, 2.75) is 34.1 Å². The second kappa shape index (κ2) is 9.31. The van der Waals surface area contributed by atoms with Crippen LogP contribution < -0.4 is 10.2 Å². The lowest BCUT2D eigenvalue weighted by Crippen LogP contribution is -2.54. The Kier molecular flexibility index (Phi) is 6.41. The number of carbonyl (C=O) groups is 3. The molecule has 178 valence electrons. The molecule has 4 rings (SSSR count). The highest BCUT2D eigenvalue weighted by Gasteiger charge is 2.34. The van der Waals surface area contributed by atoms with Crippen molar-refractivity contribution in [3.05, 3.63) is 87.7 Å². The first-order valence-electron chi connectivity index (χ1n) is 11.2. The fourth-order valence-electron chi connectivity index (χ4n) is 4.33. The minimum Gasteiger partial charge on any atom is -0.478 e. The third-order valence-electron chi connectivity index (χ3n) is 6.25. The number of amides is 2. The van der Waals surface area contributed by atoms with Gasteiger partial charge in [-0.3, -0.25) is 19.8 Å². The van der Waals surface area contributed by atoms with Crippen LogP contribution in [0.15, 0.2) is 54.1 Å². The summed E-state index contributed by atoms with van der Waals surface area (Å²) in [5.74, 6) is -2.06. The molecule has 7 nitrogen and oxygen atoms in total. The van der Waals surface area contributed by atoms with E-state index in [0.717, 1.165) is 29.1 Å². The van der Waals surface area contributed by atoms with E-state index >= 15 is 0 Å². The molecule has 2 heterocycles. The number of hydrogen-bond acceptors (Lipinski definition) is 4. The minimum atomic E-state index is -0.998. The van der Waals surface area contributed by atoms with Gasteiger partial charge in [-0.2, -0.15) is 0 Å². The lowest BCUT2D eigenvalue weighted by Gasteiger charge is -2.29. The van der Waals surface area contributed by atoms with Crippen LogP contribution in [-0.2, 0) is 16.0 Å². The number of hydrogen-bond donors (Lipinski definition) is 2. The van der Waals surface area contributed by atoms with Crippen molar-refractivity contribution in [2.24, 2.45) is 0 Å². The number of rotatable bonds is 5. The molecule has 0 saturated carbocycles. The number of benzene rings is 2. The Hall–Kier alpha value is -4.04. The number of carboxylic acids is 1. The molecule has 0 radical (unpaired) electrons. The van der Waals surface area contributed by atoms with E-state index in [-0.39, 0.29) is 16.2 Å². The highest BCUT2D eigenvalue weighted by atomic mass is 32.1. The third-order valence-corrected chi connectivity index (χ3v) is 6.54. The second-order valence-corrected chi connectivity index (χ2v) is 8.78. The van der Waals surface area contributed by atoms with E-state index in [0.29, 0.717) is 16.8 Å². The molecule has 1 saturated heterocycles. The van der Waals surface area contributed by atoms with Crippen LogP contribution in [0.5, 0.6) is 0 Å². The average Bonchev–Trinajstić information content (AvgIpc) is 3.09. The molecule has 1 aliphatic heterocycles. The molecule has 1 fully saturated rings. The van der Waals surface area contributed by atoms with Gasteiger partial charge >= 0.3 is 5.97 Å². The summed E-state index contributed by atoms with van der Waals surface area (Å²) in [6, 6.07) is 14.4. The Morgan fingerprint density at radius 3 is 2.40 bits per heavy atom. The second-order valence-electron chi connectivity index (χ2n) is 8.39. The first kappa shape index (κ1) is 24.1. The van der Waals surface area contributed by atoms with Gasteiger partial charge in [0.1, 0.15) is 5.57 Å². The molecule has 3 aromatic rings. The maximum absolute atomic E-state index is 13.4. The Labute approximate surface area is 208 Å². The molecular formula is C27H25N3O4S. The van der Waals surface area contributed by atoms with Gasteiger partial charge in [0.2, 0.25) is 0 Å². The SMILES string of the molecule is CCc1ccc(N2C(=O)/C(=C/c3cc(C)n(-c4cccc(C(=O)O)c4C)c3C)C(=O)NC2=S)cc1. The maximum Gasteiger partial charge on any atom is 0.336 e. The van der Waals surface area contributed by atoms with Crippen LogP contribution in [0.2, 0.25) is 0 Å². The molecule has 0 spiro atoms. The number of nitrogens with zero attached hydrogens (tertiary/aromatic N) is 2. The molecule has 0 unspecified atom stereocenters. The Bertz CT molecular complexity index is 1420. The standard InChI is InChI=1S/C27H25N3O4S/c1-5-18-9-11-20(12-10-18)30-25(32)22(24(31)28-27(30)35)14-19-13-15(2)29(17(19)4)23-8-6-7-21(16(23)3)26(33)34/h6-14H,5H2,1-4H3,(H,33,34)(H,28,31,35)/b22-14+. The summed E-state index contributed by atoms with van der Waals surface area (Å²) in [7, 11) is 0. The lowest BCUT2D eigenvalue weighted by atomic mass is 10.1. The van der Waals surface area contributed by atoms with Crippen molar-refractivity contribution in [2.75, 3.05) is 4.90 Å². The summed E-state index contributed by atoms with van der Waals surface area (Å²) in [5.41, 5.74) is 5.52. The normalized spacial score (nSPS) is 15.0. The zero-order valence-electron chi connectivity index (χ0n) is 19.9. The maximum atomic E-state index is 13.4. The van der Waals surface area contributed by atoms with Gasteiger partial charge in [-0.25, -0.2) is 4.79 Å². The molecule has 2 aromatic carbocycles. The first-order chi connectivity index (χ1) is 16.6. The van der Waals surface area contributed by atoms with Gasteiger partial charge in [0.05, 0.1) is 11.3 Å². The summed E-state index contributed by atoms with van der Waals surface area (Å²) >= 11 is 5.30. The van der Waals surface area contributed by atoms with E-state index in [4.69, 9.17) is 12.2 Å². The third kappa shape index (κ3) is 4.28. The largest absolute Gasteiger partial charge is 0.478 e. The minimum absolute atomic E-state index is 0.0329. The molecule has 0 aliphatic carbocycles. The number of thiocarbonyl (C=S) groups is 1. The van der Waals surface area contributed by atoms with Gasteiger partial charge in [0, 0.05) is 17.1 Å². The predicted molar refractivity (Wildman–Crippen MR) is 139 cm³/mol. The molecule has 1 aromatic heterocycles. The van der Waals surface area contributed by atoms with E-state index in [9.17, 15) is 19.5 Å². The Morgan fingerprint density at radius 2 is 1.77 bits per heavy atom. The van der Waals surface area contributed by atoms with Crippen molar-refractivity contribution in [1.29, 1.82) is 0 Å². The Morgan fingerprint density at radius 1 is 1.09 bits per heavy atom. The monoisotopic (exact) mass is 487 g/mol. The van der Waals surface area contributed by atoms with E-state index < -0.39 is 17.8 Å². The summed E-state index contributed by atoms with van der Waals surface area (Å²) in [6.07, 6.45) is 2.42.